The van der Waals surface area contributed by atoms with Crippen LogP contribution in [0.5, 0.6) is 0 Å². The quantitative estimate of drug-likeness (QED) is 0.821. The van der Waals surface area contributed by atoms with Crippen molar-refractivity contribution in [3.63, 3.8) is 0 Å². The van der Waals surface area contributed by atoms with Gasteiger partial charge in [-0.05, 0) is 36.5 Å². The molecule has 0 unspecified atom stereocenters. The molecule has 5 heteroatoms. The Bertz CT molecular complexity index is 541. The first-order valence-corrected chi connectivity index (χ1v) is 8.45. The molecule has 0 saturated carbocycles. The summed E-state index contributed by atoms with van der Waals surface area (Å²) in [5.74, 6) is 0.565. The van der Waals surface area contributed by atoms with Crippen LogP contribution in [0.4, 0.5) is 5.69 Å². The highest BCUT2D eigenvalue weighted by atomic mass is 32.2. The van der Waals surface area contributed by atoms with Gasteiger partial charge >= 0.3 is 0 Å². The van der Waals surface area contributed by atoms with Gasteiger partial charge in [-0.25, -0.2) is 8.42 Å². The molecule has 1 aromatic carbocycles. The molecule has 1 rings (SSSR count). The van der Waals surface area contributed by atoms with Crippen molar-refractivity contribution in [2.24, 2.45) is 11.8 Å². The molecule has 20 heavy (non-hydrogen) atoms. The molecule has 0 atom stereocenters. The van der Waals surface area contributed by atoms with Gasteiger partial charge in [0, 0.05) is 18.8 Å². The van der Waals surface area contributed by atoms with Crippen molar-refractivity contribution in [2.45, 2.75) is 39.5 Å². The molecule has 4 nitrogen and oxygen atoms in total. The average molecular weight is 298 g/mol. The second-order valence-electron chi connectivity index (χ2n) is 6.13. The molecule has 0 aromatic heterocycles. The summed E-state index contributed by atoms with van der Waals surface area (Å²) in [5, 5.41) is 0. The number of sulfonamides is 1. The van der Waals surface area contributed by atoms with E-state index in [2.05, 4.69) is 0 Å². The van der Waals surface area contributed by atoms with E-state index in [1.807, 2.05) is 27.7 Å². The van der Waals surface area contributed by atoms with Gasteiger partial charge in [-0.15, -0.1) is 0 Å². The van der Waals surface area contributed by atoms with Crippen molar-refractivity contribution in [1.82, 2.24) is 4.31 Å². The third-order valence-electron chi connectivity index (χ3n) is 2.97. The van der Waals surface area contributed by atoms with Gasteiger partial charge in [0.15, 0.2) is 0 Å². The molecule has 0 aliphatic heterocycles. The maximum absolute atomic E-state index is 12.8. The van der Waals surface area contributed by atoms with Crippen molar-refractivity contribution in [3.8, 4) is 0 Å². The highest BCUT2D eigenvalue weighted by Gasteiger charge is 2.27. The van der Waals surface area contributed by atoms with Crippen molar-refractivity contribution in [2.75, 3.05) is 18.8 Å². The van der Waals surface area contributed by atoms with Crippen molar-refractivity contribution in [3.05, 3.63) is 23.8 Å². The molecule has 0 heterocycles. The molecule has 1 aromatic rings. The third kappa shape index (κ3) is 4.21. The summed E-state index contributed by atoms with van der Waals surface area (Å²) in [6.45, 7) is 10.9. The van der Waals surface area contributed by atoms with Crippen LogP contribution in [-0.4, -0.2) is 25.8 Å². The van der Waals surface area contributed by atoms with Crippen LogP contribution in [0.25, 0.3) is 0 Å². The summed E-state index contributed by atoms with van der Waals surface area (Å²) in [5.41, 5.74) is 6.95. The lowest BCUT2D eigenvalue weighted by molar-refractivity contribution is 0.333. The Morgan fingerprint density at radius 2 is 1.60 bits per heavy atom. The standard InChI is InChI=1S/C15H26N2O2S/c1-11(2)9-17(10-12(3)4)20(18,19)15-8-14(16)7-6-13(15)5/h6-8,11-12H,9-10,16H2,1-5H3. The summed E-state index contributed by atoms with van der Waals surface area (Å²) in [6.07, 6.45) is 0. The minimum atomic E-state index is -3.49. The van der Waals surface area contributed by atoms with Gasteiger partial charge in [0.25, 0.3) is 0 Å². The van der Waals surface area contributed by atoms with Gasteiger partial charge in [-0.2, -0.15) is 4.31 Å². The van der Waals surface area contributed by atoms with E-state index in [0.717, 1.165) is 5.56 Å². The highest BCUT2D eigenvalue weighted by Crippen LogP contribution is 2.24. The predicted molar refractivity (Wildman–Crippen MR) is 84.0 cm³/mol. The smallest absolute Gasteiger partial charge is 0.243 e. The first-order chi connectivity index (χ1) is 9.14. The number of nitrogens with two attached hydrogens (primary N) is 1. The van der Waals surface area contributed by atoms with Crippen LogP contribution < -0.4 is 5.73 Å². The van der Waals surface area contributed by atoms with Crippen LogP contribution in [-0.2, 0) is 10.0 Å². The molecule has 0 aliphatic carbocycles. The van der Waals surface area contributed by atoms with Gasteiger partial charge in [-0.1, -0.05) is 33.8 Å². The lowest BCUT2D eigenvalue weighted by Gasteiger charge is -2.26. The SMILES string of the molecule is Cc1ccc(N)cc1S(=O)(=O)N(CC(C)C)CC(C)C. The second kappa shape index (κ2) is 6.59. The summed E-state index contributed by atoms with van der Waals surface area (Å²) in [6, 6.07) is 5.03. The van der Waals surface area contributed by atoms with E-state index in [1.54, 1.807) is 29.4 Å². The lowest BCUT2D eigenvalue weighted by atomic mass is 10.2. The van der Waals surface area contributed by atoms with Gasteiger partial charge in [0.2, 0.25) is 10.0 Å². The van der Waals surface area contributed by atoms with E-state index in [1.165, 1.54) is 0 Å². The van der Waals surface area contributed by atoms with Gasteiger partial charge < -0.3 is 5.73 Å². The van der Waals surface area contributed by atoms with Crippen molar-refractivity contribution < 1.29 is 8.42 Å². The maximum Gasteiger partial charge on any atom is 0.243 e. The largest absolute Gasteiger partial charge is 0.399 e. The van der Waals surface area contributed by atoms with E-state index in [-0.39, 0.29) is 11.8 Å². The molecular formula is C15H26N2O2S. The van der Waals surface area contributed by atoms with Crippen LogP contribution in [0.2, 0.25) is 0 Å². The fourth-order valence-electron chi connectivity index (χ4n) is 2.12. The number of hydrogen-bond donors (Lipinski definition) is 1. The van der Waals surface area contributed by atoms with Crippen molar-refractivity contribution in [1.29, 1.82) is 0 Å². The molecule has 114 valence electrons. The summed E-state index contributed by atoms with van der Waals surface area (Å²) < 4.78 is 27.3. The van der Waals surface area contributed by atoms with E-state index in [4.69, 9.17) is 5.73 Å². The number of anilines is 1. The zero-order chi connectivity index (χ0) is 15.5. The maximum atomic E-state index is 12.8. The predicted octanol–water partition coefficient (Wildman–Crippen LogP) is 2.88. The number of aryl methyl sites for hydroxylation is 1. The van der Waals surface area contributed by atoms with Crippen LogP contribution >= 0.6 is 0 Å². The molecule has 2 N–H and O–H groups in total. The van der Waals surface area contributed by atoms with E-state index in [9.17, 15) is 8.42 Å². The number of nitrogens with zero attached hydrogens (tertiary/aromatic N) is 1. The Labute approximate surface area is 123 Å². The van der Waals surface area contributed by atoms with Crippen LogP contribution in [0.1, 0.15) is 33.3 Å². The fraction of sp³-hybridized carbons (Fsp3) is 0.600. The number of hydrogen-bond acceptors (Lipinski definition) is 3. The fourth-order valence-corrected chi connectivity index (χ4v) is 4.15. The minimum absolute atomic E-state index is 0.282. The molecule has 0 radical (unpaired) electrons. The van der Waals surface area contributed by atoms with Gasteiger partial charge in [0.05, 0.1) is 4.90 Å². The minimum Gasteiger partial charge on any atom is -0.399 e. The number of benzene rings is 1. The summed E-state index contributed by atoms with van der Waals surface area (Å²) in [7, 11) is -3.49. The first kappa shape index (κ1) is 17.0. The molecule has 0 bridgehead atoms. The van der Waals surface area contributed by atoms with Crippen LogP contribution in [0, 0.1) is 18.8 Å². The van der Waals surface area contributed by atoms with Crippen LogP contribution in [0.15, 0.2) is 23.1 Å². The summed E-state index contributed by atoms with van der Waals surface area (Å²) >= 11 is 0. The molecule has 0 fully saturated rings. The average Bonchev–Trinajstić information content (AvgIpc) is 2.30. The highest BCUT2D eigenvalue weighted by molar-refractivity contribution is 7.89. The Hall–Kier alpha value is -1.07. The number of nitrogen functional groups attached to an aromatic ring is 1. The zero-order valence-electron chi connectivity index (χ0n) is 13.1. The zero-order valence-corrected chi connectivity index (χ0v) is 13.9. The molecule has 0 amide bonds. The Balaban J connectivity index is 3.24. The molecule has 0 spiro atoms. The van der Waals surface area contributed by atoms with E-state index < -0.39 is 10.0 Å². The van der Waals surface area contributed by atoms with Crippen LogP contribution in [0.3, 0.4) is 0 Å². The first-order valence-electron chi connectivity index (χ1n) is 7.01. The Morgan fingerprint density at radius 1 is 1.10 bits per heavy atom. The topological polar surface area (TPSA) is 63.4 Å². The van der Waals surface area contributed by atoms with E-state index >= 15 is 0 Å². The normalized spacial score (nSPS) is 12.6. The number of rotatable bonds is 6. The molecule has 0 saturated heterocycles. The molecular weight excluding hydrogens is 272 g/mol. The third-order valence-corrected chi connectivity index (χ3v) is 4.94. The van der Waals surface area contributed by atoms with Crippen molar-refractivity contribution >= 4 is 15.7 Å². The second-order valence-corrected chi connectivity index (χ2v) is 8.04. The van der Waals surface area contributed by atoms with E-state index in [0.29, 0.717) is 23.7 Å². The Kier molecular flexibility index (Phi) is 5.59. The lowest BCUT2D eigenvalue weighted by Crippen LogP contribution is -2.37. The van der Waals surface area contributed by atoms with Gasteiger partial charge in [-0.3, -0.25) is 0 Å². The van der Waals surface area contributed by atoms with Gasteiger partial charge in [0.1, 0.15) is 0 Å². The summed E-state index contributed by atoms with van der Waals surface area (Å²) in [4.78, 5) is 0.318. The Morgan fingerprint density at radius 3 is 2.05 bits per heavy atom. The monoisotopic (exact) mass is 298 g/mol. The molecule has 0 aliphatic rings.